The molecule has 2 aromatic carbocycles. The van der Waals surface area contributed by atoms with Crippen molar-refractivity contribution in [2.45, 2.75) is 58.0 Å². The van der Waals surface area contributed by atoms with Crippen LogP contribution in [0.25, 0.3) is 11.0 Å². The molecule has 1 heterocycles. The van der Waals surface area contributed by atoms with Crippen molar-refractivity contribution in [2.24, 2.45) is 5.92 Å². The number of para-hydroxylation sites is 2. The highest BCUT2D eigenvalue weighted by Gasteiger charge is 2.17. The zero-order valence-corrected chi connectivity index (χ0v) is 17.1. The van der Waals surface area contributed by atoms with E-state index in [9.17, 15) is 4.79 Å². The van der Waals surface area contributed by atoms with Crippen molar-refractivity contribution in [1.82, 2.24) is 5.32 Å². The topological polar surface area (TPSA) is 54.3 Å². The van der Waals surface area contributed by atoms with E-state index >= 15 is 0 Å². The first kappa shape index (κ1) is 19.7. The van der Waals surface area contributed by atoms with Gasteiger partial charge in [-0.3, -0.25) is 4.79 Å². The van der Waals surface area contributed by atoms with Gasteiger partial charge in [0.25, 0.3) is 5.91 Å². The highest BCUT2D eigenvalue weighted by Crippen LogP contribution is 2.27. The number of anilines is 1. The van der Waals surface area contributed by atoms with Crippen LogP contribution in [0.2, 0.25) is 0 Å². The van der Waals surface area contributed by atoms with Crippen LogP contribution < -0.4 is 10.6 Å². The third kappa shape index (κ3) is 5.07. The maximum absolute atomic E-state index is 12.7. The Balaban J connectivity index is 1.37. The molecule has 4 rings (SSSR count). The van der Waals surface area contributed by atoms with Crippen LogP contribution in [-0.4, -0.2) is 11.9 Å². The van der Waals surface area contributed by atoms with Gasteiger partial charge in [0.2, 0.25) is 0 Å². The lowest BCUT2D eigenvalue weighted by atomic mass is 9.85. The summed E-state index contributed by atoms with van der Waals surface area (Å²) < 4.78 is 5.70. The van der Waals surface area contributed by atoms with E-state index in [1.807, 2.05) is 42.5 Å². The van der Waals surface area contributed by atoms with Gasteiger partial charge in [-0.05, 0) is 43.0 Å². The van der Waals surface area contributed by atoms with Crippen molar-refractivity contribution in [1.29, 1.82) is 0 Å². The van der Waals surface area contributed by atoms with Gasteiger partial charge in [0.05, 0.1) is 0 Å². The fraction of sp³-hybridized carbons (Fsp3) is 0.400. The van der Waals surface area contributed by atoms with E-state index in [1.165, 1.54) is 38.5 Å². The van der Waals surface area contributed by atoms with Gasteiger partial charge in [0.1, 0.15) is 5.58 Å². The zero-order chi connectivity index (χ0) is 20.1. The zero-order valence-electron chi connectivity index (χ0n) is 17.1. The second-order valence-corrected chi connectivity index (χ2v) is 8.28. The van der Waals surface area contributed by atoms with Gasteiger partial charge in [-0.2, -0.15) is 0 Å². The van der Waals surface area contributed by atoms with Crippen molar-refractivity contribution in [3.05, 3.63) is 65.9 Å². The fourth-order valence-electron chi connectivity index (χ4n) is 4.36. The van der Waals surface area contributed by atoms with Gasteiger partial charge >= 0.3 is 0 Å². The summed E-state index contributed by atoms with van der Waals surface area (Å²) >= 11 is 0. The lowest BCUT2D eigenvalue weighted by molar-refractivity contribution is 0.0998. The minimum atomic E-state index is -0.219. The molecule has 3 aromatic rings. The number of rotatable bonds is 7. The molecule has 4 heteroatoms. The Morgan fingerprint density at radius 2 is 1.83 bits per heavy atom. The molecular formula is C25H30N2O2. The van der Waals surface area contributed by atoms with E-state index in [0.29, 0.717) is 11.8 Å². The molecule has 0 aliphatic heterocycles. The first-order chi connectivity index (χ1) is 14.2. The highest BCUT2D eigenvalue weighted by atomic mass is 16.3. The summed E-state index contributed by atoms with van der Waals surface area (Å²) in [6, 6.07) is 17.9. The second kappa shape index (κ2) is 9.27. The van der Waals surface area contributed by atoms with E-state index in [4.69, 9.17) is 4.42 Å². The summed E-state index contributed by atoms with van der Waals surface area (Å²) in [7, 11) is 0. The molecule has 1 aliphatic carbocycles. The molecular weight excluding hydrogens is 360 g/mol. The lowest BCUT2D eigenvalue weighted by Crippen LogP contribution is -2.29. The lowest BCUT2D eigenvalue weighted by Gasteiger charge is -2.25. The molecule has 0 saturated heterocycles. The second-order valence-electron chi connectivity index (χ2n) is 8.28. The van der Waals surface area contributed by atoms with Crippen LogP contribution in [0.3, 0.4) is 0 Å². The van der Waals surface area contributed by atoms with Crippen molar-refractivity contribution < 1.29 is 9.21 Å². The number of benzene rings is 2. The molecule has 0 spiro atoms. The summed E-state index contributed by atoms with van der Waals surface area (Å²) in [5.41, 5.74) is 2.65. The molecule has 0 unspecified atom stereocenters. The Kier molecular flexibility index (Phi) is 6.30. The molecule has 0 radical (unpaired) electrons. The third-order valence-corrected chi connectivity index (χ3v) is 5.97. The summed E-state index contributed by atoms with van der Waals surface area (Å²) in [5.74, 6) is 0.970. The number of furan rings is 1. The Labute approximate surface area is 172 Å². The van der Waals surface area contributed by atoms with Crippen molar-refractivity contribution in [3.63, 3.8) is 0 Å². The van der Waals surface area contributed by atoms with Gasteiger partial charge in [-0.15, -0.1) is 0 Å². The van der Waals surface area contributed by atoms with Crippen LogP contribution in [0.1, 0.15) is 61.6 Å². The summed E-state index contributed by atoms with van der Waals surface area (Å²) in [5, 5.41) is 7.60. The fourth-order valence-corrected chi connectivity index (χ4v) is 4.36. The molecule has 1 fully saturated rings. The molecule has 1 amide bonds. The third-order valence-electron chi connectivity index (χ3n) is 5.97. The molecule has 1 atom stereocenters. The summed E-state index contributed by atoms with van der Waals surface area (Å²) in [4.78, 5) is 12.7. The van der Waals surface area contributed by atoms with Gasteiger partial charge in [-0.1, -0.05) is 68.5 Å². The number of carbonyl (C=O) groups excluding carboxylic acids is 1. The number of hydrogen-bond acceptors (Lipinski definition) is 3. The number of amides is 1. The first-order valence-corrected chi connectivity index (χ1v) is 10.8. The smallest absolute Gasteiger partial charge is 0.291 e. The van der Waals surface area contributed by atoms with E-state index < -0.39 is 0 Å². The quantitative estimate of drug-likeness (QED) is 0.510. The maximum Gasteiger partial charge on any atom is 0.291 e. The minimum Gasteiger partial charge on any atom is -0.451 e. The SMILES string of the molecule is C[C@@H](CC1CCCCC1)NCc1ccccc1NC(=O)c1cc2ccccc2o1. The van der Waals surface area contributed by atoms with Crippen LogP contribution in [-0.2, 0) is 6.54 Å². The van der Waals surface area contributed by atoms with Crippen molar-refractivity contribution in [3.8, 4) is 0 Å². The number of carbonyl (C=O) groups is 1. The predicted octanol–water partition coefficient (Wildman–Crippen LogP) is 6.13. The molecule has 2 N–H and O–H groups in total. The molecule has 1 saturated carbocycles. The maximum atomic E-state index is 12.7. The number of fused-ring (bicyclic) bond motifs is 1. The van der Waals surface area contributed by atoms with Crippen LogP contribution >= 0.6 is 0 Å². The molecule has 1 aliphatic rings. The minimum absolute atomic E-state index is 0.219. The first-order valence-electron chi connectivity index (χ1n) is 10.8. The Hall–Kier alpha value is -2.59. The van der Waals surface area contributed by atoms with Gasteiger partial charge in [-0.25, -0.2) is 0 Å². The van der Waals surface area contributed by atoms with Gasteiger partial charge in [0, 0.05) is 23.7 Å². The van der Waals surface area contributed by atoms with Crippen molar-refractivity contribution >= 4 is 22.6 Å². The average molecular weight is 391 g/mol. The Morgan fingerprint density at radius 3 is 2.66 bits per heavy atom. The summed E-state index contributed by atoms with van der Waals surface area (Å²) in [6.45, 7) is 3.01. The van der Waals surface area contributed by atoms with Crippen LogP contribution in [0, 0.1) is 5.92 Å². The molecule has 152 valence electrons. The van der Waals surface area contributed by atoms with Crippen LogP contribution in [0.15, 0.2) is 59.0 Å². The van der Waals surface area contributed by atoms with Crippen LogP contribution in [0.4, 0.5) is 5.69 Å². The monoisotopic (exact) mass is 390 g/mol. The number of nitrogens with one attached hydrogen (secondary N) is 2. The largest absolute Gasteiger partial charge is 0.451 e. The van der Waals surface area contributed by atoms with E-state index in [2.05, 4.69) is 23.6 Å². The highest BCUT2D eigenvalue weighted by molar-refractivity contribution is 6.04. The standard InChI is InChI=1S/C25H30N2O2/c1-18(15-19-9-3-2-4-10-19)26-17-21-12-5-7-13-22(21)27-25(28)24-16-20-11-6-8-14-23(20)29-24/h5-8,11-14,16,18-19,26H,2-4,9-10,15,17H2,1H3,(H,27,28)/t18-/m0/s1. The van der Waals surface area contributed by atoms with E-state index in [1.54, 1.807) is 6.07 Å². The van der Waals surface area contributed by atoms with Crippen molar-refractivity contribution in [2.75, 3.05) is 5.32 Å². The van der Waals surface area contributed by atoms with Crippen LogP contribution in [0.5, 0.6) is 0 Å². The van der Waals surface area contributed by atoms with E-state index in [0.717, 1.165) is 34.7 Å². The van der Waals surface area contributed by atoms with E-state index in [-0.39, 0.29) is 5.91 Å². The Bertz CT molecular complexity index is 923. The predicted molar refractivity (Wildman–Crippen MR) is 118 cm³/mol. The summed E-state index contributed by atoms with van der Waals surface area (Å²) in [6.07, 6.45) is 8.14. The Morgan fingerprint density at radius 1 is 1.07 bits per heavy atom. The molecule has 0 bridgehead atoms. The number of hydrogen-bond donors (Lipinski definition) is 2. The van der Waals surface area contributed by atoms with Gasteiger partial charge < -0.3 is 15.1 Å². The molecule has 29 heavy (non-hydrogen) atoms. The van der Waals surface area contributed by atoms with Gasteiger partial charge in [0.15, 0.2) is 5.76 Å². The molecule has 4 nitrogen and oxygen atoms in total. The average Bonchev–Trinajstić information content (AvgIpc) is 3.18. The normalized spacial score (nSPS) is 16.0. The molecule has 1 aromatic heterocycles.